The van der Waals surface area contributed by atoms with E-state index in [4.69, 9.17) is 16.1 Å². The van der Waals surface area contributed by atoms with Crippen LogP contribution >= 0.6 is 11.6 Å². The van der Waals surface area contributed by atoms with E-state index in [2.05, 4.69) is 15.4 Å². The van der Waals surface area contributed by atoms with E-state index in [0.29, 0.717) is 6.54 Å². The maximum Gasteiger partial charge on any atom is 0.151 e. The van der Waals surface area contributed by atoms with E-state index < -0.39 is 0 Å². The van der Waals surface area contributed by atoms with Crippen LogP contribution in [-0.2, 0) is 19.6 Å². The average molecular weight is 280 g/mol. The minimum absolute atomic E-state index is 0.710. The lowest BCUT2D eigenvalue weighted by atomic mass is 10.2. The number of nitrogens with one attached hydrogen (secondary N) is 1. The molecule has 0 aliphatic carbocycles. The molecule has 0 radical (unpaired) electrons. The number of halogens is 1. The number of aromatic nitrogens is 1. The Morgan fingerprint density at radius 2 is 2.11 bits per heavy atom. The maximum atomic E-state index is 6.15. The molecule has 0 atom stereocenters. The van der Waals surface area contributed by atoms with Crippen LogP contribution in [0.25, 0.3) is 0 Å². The molecule has 1 aromatic carbocycles. The van der Waals surface area contributed by atoms with Gasteiger partial charge in [0, 0.05) is 24.2 Å². The smallest absolute Gasteiger partial charge is 0.151 e. The van der Waals surface area contributed by atoms with E-state index in [1.807, 2.05) is 44.4 Å². The number of benzene rings is 1. The highest BCUT2D eigenvalue weighted by Crippen LogP contribution is 2.17. The van der Waals surface area contributed by atoms with E-state index >= 15 is 0 Å². The van der Waals surface area contributed by atoms with E-state index in [1.165, 1.54) is 0 Å². The molecule has 0 saturated carbocycles. The predicted octanol–water partition coefficient (Wildman–Crippen LogP) is 2.68. The Balaban J connectivity index is 1.93. The molecule has 0 spiro atoms. The molecule has 0 amide bonds. The van der Waals surface area contributed by atoms with Crippen molar-refractivity contribution in [2.45, 2.75) is 19.6 Å². The van der Waals surface area contributed by atoms with Crippen LogP contribution < -0.4 is 5.32 Å². The molecule has 4 nitrogen and oxygen atoms in total. The molecular formula is C14H18ClN3O. The first-order chi connectivity index (χ1) is 9.19. The van der Waals surface area contributed by atoms with Crippen molar-refractivity contribution in [3.63, 3.8) is 0 Å². The Kier molecular flexibility index (Phi) is 4.96. The van der Waals surface area contributed by atoms with Gasteiger partial charge >= 0.3 is 0 Å². The summed E-state index contributed by atoms with van der Waals surface area (Å²) in [7, 11) is 3.92. The Labute approximate surface area is 118 Å². The number of hydrogen-bond donors (Lipinski definition) is 1. The Morgan fingerprint density at radius 1 is 1.32 bits per heavy atom. The van der Waals surface area contributed by atoms with Crippen LogP contribution in [-0.4, -0.2) is 24.2 Å². The molecule has 19 heavy (non-hydrogen) atoms. The third-order valence-electron chi connectivity index (χ3n) is 2.79. The lowest BCUT2D eigenvalue weighted by Gasteiger charge is -2.15. The Bertz CT molecular complexity index is 527. The third-order valence-corrected chi connectivity index (χ3v) is 3.16. The van der Waals surface area contributed by atoms with Gasteiger partial charge < -0.3 is 9.84 Å². The van der Waals surface area contributed by atoms with Crippen molar-refractivity contribution in [3.8, 4) is 0 Å². The van der Waals surface area contributed by atoms with Gasteiger partial charge in [-0.05, 0) is 25.7 Å². The van der Waals surface area contributed by atoms with Crippen LogP contribution in [0.1, 0.15) is 17.0 Å². The molecular weight excluding hydrogens is 262 g/mol. The van der Waals surface area contributed by atoms with Crippen LogP contribution in [0.4, 0.5) is 0 Å². The molecule has 0 saturated heterocycles. The fourth-order valence-electron chi connectivity index (χ4n) is 1.93. The summed E-state index contributed by atoms with van der Waals surface area (Å²) < 4.78 is 5.29. The van der Waals surface area contributed by atoms with Crippen molar-refractivity contribution in [2.75, 3.05) is 14.1 Å². The molecule has 0 bridgehead atoms. The molecule has 0 aliphatic rings. The van der Waals surface area contributed by atoms with Gasteiger partial charge in [0.25, 0.3) is 0 Å². The fourth-order valence-corrected chi connectivity index (χ4v) is 2.13. The zero-order chi connectivity index (χ0) is 13.7. The first kappa shape index (κ1) is 14.1. The van der Waals surface area contributed by atoms with Crippen LogP contribution in [0.2, 0.25) is 5.02 Å². The summed E-state index contributed by atoms with van der Waals surface area (Å²) >= 11 is 6.15. The van der Waals surface area contributed by atoms with Gasteiger partial charge in [-0.25, -0.2) is 0 Å². The predicted molar refractivity (Wildman–Crippen MR) is 75.9 cm³/mol. The minimum Gasteiger partial charge on any atom is -0.360 e. The van der Waals surface area contributed by atoms with Gasteiger partial charge in [-0.15, -0.1) is 0 Å². The number of rotatable bonds is 6. The van der Waals surface area contributed by atoms with Crippen molar-refractivity contribution in [1.29, 1.82) is 0 Å². The van der Waals surface area contributed by atoms with Crippen molar-refractivity contribution >= 4 is 11.6 Å². The summed E-state index contributed by atoms with van der Waals surface area (Å²) in [6.45, 7) is 2.21. The normalized spacial score (nSPS) is 11.2. The van der Waals surface area contributed by atoms with Gasteiger partial charge in [0.05, 0.1) is 12.2 Å². The summed E-state index contributed by atoms with van der Waals surface area (Å²) in [5.41, 5.74) is 2.03. The molecule has 1 heterocycles. The fraction of sp³-hybridized carbons (Fsp3) is 0.357. The van der Waals surface area contributed by atoms with Crippen molar-refractivity contribution in [2.24, 2.45) is 0 Å². The van der Waals surface area contributed by atoms with Gasteiger partial charge in [0.15, 0.2) is 5.76 Å². The van der Waals surface area contributed by atoms with Crippen molar-refractivity contribution in [3.05, 3.63) is 52.4 Å². The van der Waals surface area contributed by atoms with Gasteiger partial charge in [0.2, 0.25) is 0 Å². The average Bonchev–Trinajstić information content (AvgIpc) is 2.80. The second-order valence-corrected chi connectivity index (χ2v) is 4.99. The van der Waals surface area contributed by atoms with E-state index in [9.17, 15) is 0 Å². The van der Waals surface area contributed by atoms with Gasteiger partial charge in [0.1, 0.15) is 0 Å². The lowest BCUT2D eigenvalue weighted by Crippen LogP contribution is -2.17. The molecule has 102 valence electrons. The van der Waals surface area contributed by atoms with Gasteiger partial charge in [-0.3, -0.25) is 4.90 Å². The molecule has 2 aromatic rings. The highest BCUT2D eigenvalue weighted by Gasteiger charge is 2.08. The zero-order valence-corrected chi connectivity index (χ0v) is 11.9. The first-order valence-corrected chi connectivity index (χ1v) is 6.58. The van der Waals surface area contributed by atoms with Crippen LogP contribution in [0.5, 0.6) is 0 Å². The van der Waals surface area contributed by atoms with Crippen LogP contribution in [0, 0.1) is 0 Å². The highest BCUT2D eigenvalue weighted by atomic mass is 35.5. The Hall–Kier alpha value is -1.36. The van der Waals surface area contributed by atoms with E-state index in [1.54, 1.807) is 0 Å². The molecule has 2 rings (SSSR count). The molecule has 5 heteroatoms. The summed E-state index contributed by atoms with van der Waals surface area (Å²) in [6.07, 6.45) is 0. The van der Waals surface area contributed by atoms with Crippen LogP contribution in [0.15, 0.2) is 34.9 Å². The summed E-state index contributed by atoms with van der Waals surface area (Å²) in [6, 6.07) is 9.84. The first-order valence-electron chi connectivity index (χ1n) is 6.20. The summed E-state index contributed by atoms with van der Waals surface area (Å²) in [5.74, 6) is 0.861. The minimum atomic E-state index is 0.710. The monoisotopic (exact) mass is 279 g/mol. The van der Waals surface area contributed by atoms with Gasteiger partial charge in [-0.2, -0.15) is 0 Å². The summed E-state index contributed by atoms with van der Waals surface area (Å²) in [4.78, 5) is 2.14. The number of hydrogen-bond acceptors (Lipinski definition) is 4. The number of nitrogens with zero attached hydrogens (tertiary/aromatic N) is 2. The molecule has 1 aromatic heterocycles. The molecule has 1 N–H and O–H groups in total. The van der Waals surface area contributed by atoms with Crippen molar-refractivity contribution in [1.82, 2.24) is 15.4 Å². The SMILES string of the molecule is CNCc1cc(CN(C)Cc2ccccc2Cl)on1. The molecule has 0 unspecified atom stereocenters. The maximum absolute atomic E-state index is 6.15. The van der Waals surface area contributed by atoms with E-state index in [0.717, 1.165) is 35.1 Å². The molecule has 0 aliphatic heterocycles. The van der Waals surface area contributed by atoms with E-state index in [-0.39, 0.29) is 0 Å². The topological polar surface area (TPSA) is 41.3 Å². The largest absolute Gasteiger partial charge is 0.360 e. The Morgan fingerprint density at radius 3 is 2.84 bits per heavy atom. The second-order valence-electron chi connectivity index (χ2n) is 4.58. The summed E-state index contributed by atoms with van der Waals surface area (Å²) in [5, 5.41) is 7.83. The zero-order valence-electron chi connectivity index (χ0n) is 11.2. The standard InChI is InChI=1S/C14H18ClN3O/c1-16-8-12-7-13(19-17-12)10-18(2)9-11-5-3-4-6-14(11)15/h3-7,16H,8-10H2,1-2H3. The van der Waals surface area contributed by atoms with Gasteiger partial charge in [-0.1, -0.05) is 35.0 Å². The lowest BCUT2D eigenvalue weighted by molar-refractivity contribution is 0.265. The van der Waals surface area contributed by atoms with Crippen molar-refractivity contribution < 1.29 is 4.52 Å². The molecule has 0 fully saturated rings. The van der Waals surface area contributed by atoms with Crippen LogP contribution in [0.3, 0.4) is 0 Å². The second kappa shape index (κ2) is 6.70. The quantitative estimate of drug-likeness (QED) is 0.883. The third kappa shape index (κ3) is 4.06. The highest BCUT2D eigenvalue weighted by molar-refractivity contribution is 6.31.